The van der Waals surface area contributed by atoms with Crippen LogP contribution in [0.15, 0.2) is 66.1 Å². The molecule has 0 spiro atoms. The minimum absolute atomic E-state index is 0.131. The molecule has 10 heteroatoms. The Morgan fingerprint density at radius 3 is 2.46 bits per heavy atom. The topological polar surface area (TPSA) is 85.2 Å². The van der Waals surface area contributed by atoms with Crippen molar-refractivity contribution < 1.29 is 13.9 Å². The van der Waals surface area contributed by atoms with E-state index in [0.717, 1.165) is 29.9 Å². The van der Waals surface area contributed by atoms with Gasteiger partial charge in [-0.3, -0.25) is 4.79 Å². The van der Waals surface area contributed by atoms with Gasteiger partial charge in [-0.15, -0.1) is 0 Å². The van der Waals surface area contributed by atoms with Gasteiger partial charge in [-0.25, -0.2) is 19.0 Å². The lowest BCUT2D eigenvalue weighted by molar-refractivity contribution is -0.113. The van der Waals surface area contributed by atoms with Gasteiger partial charge in [-0.2, -0.15) is 5.10 Å². The molecule has 0 bridgehead atoms. The van der Waals surface area contributed by atoms with Crippen LogP contribution in [0, 0.1) is 5.82 Å². The van der Waals surface area contributed by atoms with Crippen LogP contribution in [-0.4, -0.2) is 56.7 Å². The largest absolute Gasteiger partial charge is 0.372 e. The summed E-state index contributed by atoms with van der Waals surface area (Å²) in [4.78, 5) is 23.5. The molecule has 180 valence electrons. The van der Waals surface area contributed by atoms with Gasteiger partial charge in [0.2, 0.25) is 5.91 Å². The molecule has 2 aromatic carbocycles. The molecule has 1 fully saturated rings. The Morgan fingerprint density at radius 2 is 1.74 bits per heavy atom. The minimum Gasteiger partial charge on any atom is -0.372 e. The van der Waals surface area contributed by atoms with Crippen molar-refractivity contribution in [2.75, 3.05) is 29.1 Å². The van der Waals surface area contributed by atoms with E-state index >= 15 is 0 Å². The molecule has 1 aliphatic rings. The minimum atomic E-state index is -0.318. The molecule has 35 heavy (non-hydrogen) atoms. The molecule has 1 amide bonds. The fourth-order valence-electron chi connectivity index (χ4n) is 4.18. The van der Waals surface area contributed by atoms with Gasteiger partial charge in [0, 0.05) is 24.5 Å². The van der Waals surface area contributed by atoms with Gasteiger partial charge < -0.3 is 15.0 Å². The third-order valence-electron chi connectivity index (χ3n) is 5.68. The number of rotatable bonds is 6. The second-order valence-corrected chi connectivity index (χ2v) is 9.46. The molecule has 8 nitrogen and oxygen atoms in total. The number of anilines is 2. The van der Waals surface area contributed by atoms with Gasteiger partial charge in [0.25, 0.3) is 0 Å². The van der Waals surface area contributed by atoms with E-state index in [9.17, 15) is 9.18 Å². The molecule has 5 rings (SSSR count). The zero-order valence-electron chi connectivity index (χ0n) is 19.4. The predicted molar refractivity (Wildman–Crippen MR) is 135 cm³/mol. The average Bonchev–Trinajstić information content (AvgIpc) is 3.28. The van der Waals surface area contributed by atoms with E-state index in [1.165, 1.54) is 30.2 Å². The number of halogens is 1. The molecule has 1 N–H and O–H groups in total. The number of benzene rings is 2. The Bertz CT molecular complexity index is 1320. The predicted octanol–water partition coefficient (Wildman–Crippen LogP) is 4.30. The normalized spacial score (nSPS) is 18.1. The first-order chi connectivity index (χ1) is 17.0. The monoisotopic (exact) mass is 492 g/mol. The Labute approximate surface area is 206 Å². The molecule has 2 unspecified atom stereocenters. The van der Waals surface area contributed by atoms with Gasteiger partial charge in [0.05, 0.1) is 35.2 Å². The SMILES string of the molecule is CC1CN(c2ccc(NC(=O)CSc3ncnc4c3cnn4-c3ccc(F)cc3)cc2)CC(C)O1. The second kappa shape index (κ2) is 10.0. The number of carbonyl (C=O) groups excluding carboxylic acids is 1. The fourth-order valence-corrected chi connectivity index (χ4v) is 4.95. The van der Waals surface area contributed by atoms with Crippen LogP contribution in [0.4, 0.5) is 15.8 Å². The number of aromatic nitrogens is 4. The number of ether oxygens (including phenoxy) is 1. The number of fused-ring (bicyclic) bond motifs is 1. The van der Waals surface area contributed by atoms with E-state index in [1.54, 1.807) is 23.0 Å². The quantitative estimate of drug-likeness (QED) is 0.317. The van der Waals surface area contributed by atoms with Gasteiger partial charge in [0.1, 0.15) is 17.2 Å². The van der Waals surface area contributed by atoms with Gasteiger partial charge in [-0.05, 0) is 62.4 Å². The van der Waals surface area contributed by atoms with Crippen molar-refractivity contribution in [3.63, 3.8) is 0 Å². The van der Waals surface area contributed by atoms with Crippen LogP contribution in [0.1, 0.15) is 13.8 Å². The highest BCUT2D eigenvalue weighted by Gasteiger charge is 2.22. The Kier molecular flexibility index (Phi) is 6.65. The zero-order chi connectivity index (χ0) is 24.4. The smallest absolute Gasteiger partial charge is 0.234 e. The first-order valence-electron chi connectivity index (χ1n) is 11.3. The van der Waals surface area contributed by atoms with Crippen LogP contribution >= 0.6 is 11.8 Å². The third-order valence-corrected chi connectivity index (χ3v) is 6.68. The van der Waals surface area contributed by atoms with Crippen molar-refractivity contribution in [3.8, 4) is 5.69 Å². The number of hydrogen-bond donors (Lipinski definition) is 1. The number of amides is 1. The average molecular weight is 493 g/mol. The lowest BCUT2D eigenvalue weighted by Gasteiger charge is -2.36. The van der Waals surface area contributed by atoms with Crippen LogP contribution in [0.2, 0.25) is 0 Å². The van der Waals surface area contributed by atoms with Gasteiger partial charge >= 0.3 is 0 Å². The number of nitrogens with one attached hydrogen (secondary N) is 1. The number of morpholine rings is 1. The van der Waals surface area contributed by atoms with Crippen molar-refractivity contribution in [1.29, 1.82) is 0 Å². The van der Waals surface area contributed by atoms with Crippen LogP contribution in [0.5, 0.6) is 0 Å². The lowest BCUT2D eigenvalue weighted by Crippen LogP contribution is -2.45. The van der Waals surface area contributed by atoms with E-state index < -0.39 is 0 Å². The maximum absolute atomic E-state index is 13.3. The van der Waals surface area contributed by atoms with E-state index in [4.69, 9.17) is 4.74 Å². The molecule has 1 saturated heterocycles. The van der Waals surface area contributed by atoms with Crippen molar-refractivity contribution >= 4 is 40.1 Å². The Morgan fingerprint density at radius 1 is 1.06 bits per heavy atom. The number of carbonyl (C=O) groups is 1. The van der Waals surface area contributed by atoms with Crippen LogP contribution in [-0.2, 0) is 9.53 Å². The van der Waals surface area contributed by atoms with Gasteiger partial charge in [0.15, 0.2) is 5.65 Å². The summed E-state index contributed by atoms with van der Waals surface area (Å²) in [6.45, 7) is 5.85. The lowest BCUT2D eigenvalue weighted by atomic mass is 10.2. The van der Waals surface area contributed by atoms with Crippen molar-refractivity contribution in [1.82, 2.24) is 19.7 Å². The molecule has 0 radical (unpaired) electrons. The summed E-state index contributed by atoms with van der Waals surface area (Å²) in [6.07, 6.45) is 3.47. The van der Waals surface area contributed by atoms with E-state index in [1.807, 2.05) is 24.3 Å². The highest BCUT2D eigenvalue weighted by molar-refractivity contribution is 8.00. The van der Waals surface area contributed by atoms with Crippen molar-refractivity contribution in [2.24, 2.45) is 0 Å². The second-order valence-electron chi connectivity index (χ2n) is 8.49. The van der Waals surface area contributed by atoms with Gasteiger partial charge in [-0.1, -0.05) is 11.8 Å². The maximum atomic E-state index is 13.3. The Hall–Kier alpha value is -3.50. The van der Waals surface area contributed by atoms with Crippen molar-refractivity contribution in [3.05, 3.63) is 66.9 Å². The Balaban J connectivity index is 1.22. The van der Waals surface area contributed by atoms with Crippen molar-refractivity contribution in [2.45, 2.75) is 31.1 Å². The summed E-state index contributed by atoms with van der Waals surface area (Å²) >= 11 is 1.32. The van der Waals surface area contributed by atoms with Crippen LogP contribution in [0.25, 0.3) is 16.7 Å². The van der Waals surface area contributed by atoms with E-state index in [-0.39, 0.29) is 29.7 Å². The molecule has 4 aromatic rings. The molecule has 0 aliphatic carbocycles. The fraction of sp³-hybridized carbons (Fsp3) is 0.280. The summed E-state index contributed by atoms with van der Waals surface area (Å²) in [5, 5.41) is 8.70. The highest BCUT2D eigenvalue weighted by Crippen LogP contribution is 2.27. The maximum Gasteiger partial charge on any atom is 0.234 e. The van der Waals surface area contributed by atoms with Crippen LogP contribution < -0.4 is 10.2 Å². The van der Waals surface area contributed by atoms with E-state index in [0.29, 0.717) is 16.4 Å². The molecule has 2 aromatic heterocycles. The molecular weight excluding hydrogens is 467 g/mol. The standard InChI is InChI=1S/C25H25FN6O2S/c1-16-12-31(13-17(2)34-16)20-9-5-19(6-10-20)30-23(33)14-35-25-22-11-29-32(24(22)27-15-28-25)21-7-3-18(26)4-8-21/h3-11,15-17H,12-14H2,1-2H3,(H,30,33). The zero-order valence-corrected chi connectivity index (χ0v) is 20.2. The summed E-state index contributed by atoms with van der Waals surface area (Å²) < 4.78 is 20.7. The highest BCUT2D eigenvalue weighted by atomic mass is 32.2. The molecular formula is C25H25FN6O2S. The molecule has 3 heterocycles. The summed E-state index contributed by atoms with van der Waals surface area (Å²) in [7, 11) is 0. The first-order valence-corrected chi connectivity index (χ1v) is 12.3. The van der Waals surface area contributed by atoms with E-state index in [2.05, 4.69) is 39.1 Å². The first kappa shape index (κ1) is 23.3. The van der Waals surface area contributed by atoms with Crippen LogP contribution in [0.3, 0.4) is 0 Å². The summed E-state index contributed by atoms with van der Waals surface area (Å²) in [5.41, 5.74) is 3.14. The molecule has 1 aliphatic heterocycles. The number of thioether (sulfide) groups is 1. The summed E-state index contributed by atoms with van der Waals surface area (Å²) in [5.74, 6) is -0.259. The molecule has 2 atom stereocenters. The number of hydrogen-bond acceptors (Lipinski definition) is 7. The third kappa shape index (κ3) is 5.28. The summed E-state index contributed by atoms with van der Waals surface area (Å²) in [6, 6.07) is 13.9. The molecule has 0 saturated carbocycles. The number of nitrogens with zero attached hydrogens (tertiary/aromatic N) is 5.